The van der Waals surface area contributed by atoms with E-state index in [2.05, 4.69) is 76.1 Å². The fourth-order valence-corrected chi connectivity index (χ4v) is 3.35. The van der Waals surface area contributed by atoms with Crippen molar-refractivity contribution in [3.8, 4) is 0 Å². The second-order valence-corrected chi connectivity index (χ2v) is 7.36. The van der Waals surface area contributed by atoms with Crippen LogP contribution in [0.15, 0.2) is 36.5 Å². The second kappa shape index (κ2) is 6.52. The Morgan fingerprint density at radius 2 is 1.81 bits per heavy atom. The summed E-state index contributed by atoms with van der Waals surface area (Å²) >= 11 is 0. The van der Waals surface area contributed by atoms with Gasteiger partial charge >= 0.3 is 0 Å². The smallest absolute Gasteiger partial charge is 0.161 e. The van der Waals surface area contributed by atoms with E-state index >= 15 is 0 Å². The summed E-state index contributed by atoms with van der Waals surface area (Å²) in [6, 6.07) is 10.7. The van der Waals surface area contributed by atoms with E-state index in [1.807, 2.05) is 17.8 Å². The summed E-state index contributed by atoms with van der Waals surface area (Å²) in [4.78, 5) is 0. The maximum atomic E-state index is 4.41. The number of pyridine rings is 1. The van der Waals surface area contributed by atoms with Gasteiger partial charge in [-0.1, -0.05) is 32.1 Å². The Kier molecular flexibility index (Phi) is 4.18. The molecule has 0 spiro atoms. The van der Waals surface area contributed by atoms with Crippen LogP contribution in [0.3, 0.4) is 0 Å². The fourth-order valence-electron chi connectivity index (χ4n) is 3.35. The first-order chi connectivity index (χ1) is 12.5. The molecule has 0 bridgehead atoms. The van der Waals surface area contributed by atoms with Crippen molar-refractivity contribution in [1.29, 1.82) is 0 Å². The molecule has 0 aliphatic carbocycles. The SMILES string of the molecule is CC(C)c1ccn2c(CCC(C)c3ccc4nnn(C)c4c3)nnc2c1. The third kappa shape index (κ3) is 2.96. The Bertz CT molecular complexity index is 1060. The molecule has 3 aromatic heterocycles. The minimum Gasteiger partial charge on any atom is -0.286 e. The quantitative estimate of drug-likeness (QED) is 0.549. The van der Waals surface area contributed by atoms with E-state index in [0.717, 1.165) is 35.3 Å². The highest BCUT2D eigenvalue weighted by molar-refractivity contribution is 5.75. The van der Waals surface area contributed by atoms with E-state index in [0.29, 0.717) is 11.8 Å². The van der Waals surface area contributed by atoms with Gasteiger partial charge in [0, 0.05) is 19.7 Å². The Labute approximate surface area is 152 Å². The number of rotatable bonds is 5. The van der Waals surface area contributed by atoms with Crippen LogP contribution >= 0.6 is 0 Å². The molecule has 1 aromatic carbocycles. The predicted molar refractivity (Wildman–Crippen MR) is 102 cm³/mol. The van der Waals surface area contributed by atoms with E-state index in [-0.39, 0.29) is 0 Å². The molecule has 0 saturated heterocycles. The van der Waals surface area contributed by atoms with Crippen molar-refractivity contribution in [1.82, 2.24) is 29.6 Å². The molecule has 3 heterocycles. The van der Waals surface area contributed by atoms with Gasteiger partial charge in [-0.25, -0.2) is 4.68 Å². The Balaban J connectivity index is 1.52. The number of benzene rings is 1. The average molecular weight is 348 g/mol. The zero-order valence-electron chi connectivity index (χ0n) is 15.7. The minimum absolute atomic E-state index is 0.427. The summed E-state index contributed by atoms with van der Waals surface area (Å²) in [6.45, 7) is 6.64. The average Bonchev–Trinajstić information content (AvgIpc) is 3.22. The zero-order valence-corrected chi connectivity index (χ0v) is 15.7. The van der Waals surface area contributed by atoms with Crippen LogP contribution in [0.1, 0.15) is 56.0 Å². The van der Waals surface area contributed by atoms with Crippen LogP contribution in [0.2, 0.25) is 0 Å². The first kappa shape index (κ1) is 16.7. The Morgan fingerprint density at radius 1 is 0.962 bits per heavy atom. The van der Waals surface area contributed by atoms with E-state index in [1.165, 1.54) is 11.1 Å². The summed E-state index contributed by atoms with van der Waals surface area (Å²) in [5.41, 5.74) is 5.54. The molecule has 0 radical (unpaired) electrons. The van der Waals surface area contributed by atoms with Crippen LogP contribution in [-0.2, 0) is 13.5 Å². The minimum atomic E-state index is 0.427. The molecule has 6 heteroatoms. The van der Waals surface area contributed by atoms with E-state index in [1.54, 1.807) is 0 Å². The molecule has 0 aliphatic heterocycles. The lowest BCUT2D eigenvalue weighted by atomic mass is 9.95. The van der Waals surface area contributed by atoms with Crippen molar-refractivity contribution in [3.63, 3.8) is 0 Å². The van der Waals surface area contributed by atoms with Gasteiger partial charge in [0.2, 0.25) is 0 Å². The number of fused-ring (bicyclic) bond motifs is 2. The van der Waals surface area contributed by atoms with Crippen LogP contribution in [-0.4, -0.2) is 29.6 Å². The molecule has 26 heavy (non-hydrogen) atoms. The molecular formula is C20H24N6. The van der Waals surface area contributed by atoms with Crippen molar-refractivity contribution in [3.05, 3.63) is 53.5 Å². The maximum Gasteiger partial charge on any atom is 0.161 e. The summed E-state index contributed by atoms with van der Waals surface area (Å²) in [5, 5.41) is 17.0. The molecule has 4 rings (SSSR count). The normalized spacial score (nSPS) is 13.1. The van der Waals surface area contributed by atoms with Gasteiger partial charge in [-0.3, -0.25) is 4.40 Å². The number of hydrogen-bond acceptors (Lipinski definition) is 4. The molecule has 1 atom stereocenters. The van der Waals surface area contributed by atoms with Gasteiger partial charge < -0.3 is 0 Å². The van der Waals surface area contributed by atoms with Crippen LogP contribution in [0.25, 0.3) is 16.7 Å². The molecule has 0 amide bonds. The summed E-state index contributed by atoms with van der Waals surface area (Å²) in [7, 11) is 1.93. The summed E-state index contributed by atoms with van der Waals surface area (Å²) in [6.07, 6.45) is 4.01. The zero-order chi connectivity index (χ0) is 18.3. The number of aryl methyl sites for hydroxylation is 2. The highest BCUT2D eigenvalue weighted by atomic mass is 15.4. The van der Waals surface area contributed by atoms with Gasteiger partial charge in [0.05, 0.1) is 5.52 Å². The van der Waals surface area contributed by atoms with Crippen molar-refractivity contribution in [2.75, 3.05) is 0 Å². The lowest BCUT2D eigenvalue weighted by molar-refractivity contribution is 0.654. The molecule has 1 unspecified atom stereocenters. The van der Waals surface area contributed by atoms with Crippen molar-refractivity contribution in [2.24, 2.45) is 7.05 Å². The maximum absolute atomic E-state index is 4.41. The Hall–Kier alpha value is -2.76. The molecule has 0 saturated carbocycles. The van der Waals surface area contributed by atoms with Gasteiger partial charge in [0.15, 0.2) is 5.65 Å². The first-order valence-corrected chi connectivity index (χ1v) is 9.16. The number of aromatic nitrogens is 6. The molecule has 134 valence electrons. The standard InChI is InChI=1S/C20H24N6/c1-13(2)15-9-10-26-19(22-23-20(26)12-15)8-5-14(3)16-6-7-17-18(11-16)25(4)24-21-17/h6-7,9-14H,5,8H2,1-4H3. The summed E-state index contributed by atoms with van der Waals surface area (Å²) < 4.78 is 3.93. The van der Waals surface area contributed by atoms with Crippen molar-refractivity contribution < 1.29 is 0 Å². The van der Waals surface area contributed by atoms with Crippen LogP contribution < -0.4 is 0 Å². The van der Waals surface area contributed by atoms with Crippen LogP contribution in [0, 0.1) is 0 Å². The third-order valence-electron chi connectivity index (χ3n) is 5.18. The lowest BCUT2D eigenvalue weighted by Crippen LogP contribution is -2.01. The molecule has 0 fully saturated rings. The lowest BCUT2D eigenvalue weighted by Gasteiger charge is -2.11. The third-order valence-corrected chi connectivity index (χ3v) is 5.18. The van der Waals surface area contributed by atoms with Gasteiger partial charge in [0.25, 0.3) is 0 Å². The highest BCUT2D eigenvalue weighted by Gasteiger charge is 2.12. The van der Waals surface area contributed by atoms with Gasteiger partial charge in [-0.15, -0.1) is 15.3 Å². The second-order valence-electron chi connectivity index (χ2n) is 7.36. The molecule has 6 nitrogen and oxygen atoms in total. The van der Waals surface area contributed by atoms with Gasteiger partial charge in [-0.05, 0) is 53.6 Å². The van der Waals surface area contributed by atoms with Crippen LogP contribution in [0.4, 0.5) is 0 Å². The molecule has 4 aromatic rings. The Morgan fingerprint density at radius 3 is 2.62 bits per heavy atom. The van der Waals surface area contributed by atoms with E-state index in [4.69, 9.17) is 0 Å². The largest absolute Gasteiger partial charge is 0.286 e. The molecule has 0 aliphatic rings. The summed E-state index contributed by atoms with van der Waals surface area (Å²) in [5.74, 6) is 1.94. The van der Waals surface area contributed by atoms with Gasteiger partial charge in [-0.2, -0.15) is 0 Å². The monoisotopic (exact) mass is 348 g/mol. The molecular weight excluding hydrogens is 324 g/mol. The van der Waals surface area contributed by atoms with Crippen molar-refractivity contribution >= 4 is 16.7 Å². The highest BCUT2D eigenvalue weighted by Crippen LogP contribution is 2.24. The van der Waals surface area contributed by atoms with Gasteiger partial charge in [0.1, 0.15) is 11.3 Å². The predicted octanol–water partition coefficient (Wildman–Crippen LogP) is 3.87. The fraction of sp³-hybridized carbons (Fsp3) is 0.400. The first-order valence-electron chi connectivity index (χ1n) is 9.16. The number of hydrogen-bond donors (Lipinski definition) is 0. The van der Waals surface area contributed by atoms with E-state index < -0.39 is 0 Å². The van der Waals surface area contributed by atoms with Crippen LogP contribution in [0.5, 0.6) is 0 Å². The topological polar surface area (TPSA) is 60.9 Å². The number of nitrogens with zero attached hydrogens (tertiary/aromatic N) is 6. The molecule has 0 N–H and O–H groups in total. The van der Waals surface area contributed by atoms with Crippen molar-refractivity contribution in [2.45, 2.75) is 45.4 Å². The van der Waals surface area contributed by atoms with E-state index in [9.17, 15) is 0 Å².